The summed E-state index contributed by atoms with van der Waals surface area (Å²) in [7, 11) is 0. The normalized spacial score (nSPS) is 10.1. The molecule has 0 bridgehead atoms. The van der Waals surface area contributed by atoms with Gasteiger partial charge < -0.3 is 15.8 Å². The third-order valence-corrected chi connectivity index (χ3v) is 2.85. The van der Waals surface area contributed by atoms with E-state index in [1.165, 1.54) is 0 Å². The van der Waals surface area contributed by atoms with E-state index < -0.39 is 0 Å². The minimum atomic E-state index is -0.0372. The molecule has 2 rings (SSSR count). The van der Waals surface area contributed by atoms with Crippen LogP contribution in [0.25, 0.3) is 0 Å². The van der Waals surface area contributed by atoms with Crippen molar-refractivity contribution in [1.29, 1.82) is 0 Å². The van der Waals surface area contributed by atoms with E-state index in [-0.39, 0.29) is 5.91 Å². The lowest BCUT2D eigenvalue weighted by atomic mass is 10.2. The molecule has 1 amide bonds. The zero-order valence-corrected chi connectivity index (χ0v) is 11.8. The number of hydrogen-bond acceptors (Lipinski definition) is 4. The van der Waals surface area contributed by atoms with Gasteiger partial charge in [0.15, 0.2) is 0 Å². The zero-order valence-electron chi connectivity index (χ0n) is 11.8. The molecule has 2 aromatic rings. The fourth-order valence-electron chi connectivity index (χ4n) is 1.80. The molecule has 3 N–H and O–H groups in total. The molecule has 0 aliphatic rings. The number of nitrogens with zero attached hydrogens (tertiary/aromatic N) is 1. The molecule has 110 valence electrons. The molecule has 0 aliphatic carbocycles. The molecule has 0 saturated heterocycles. The lowest BCUT2D eigenvalue weighted by Crippen LogP contribution is -2.13. The summed E-state index contributed by atoms with van der Waals surface area (Å²) < 4.78 is 5.68. The zero-order chi connectivity index (χ0) is 14.9. The van der Waals surface area contributed by atoms with Crippen LogP contribution in [0.3, 0.4) is 0 Å². The van der Waals surface area contributed by atoms with Gasteiger partial charge in [-0.25, -0.2) is 0 Å². The van der Waals surface area contributed by atoms with Crippen LogP contribution in [-0.2, 0) is 11.4 Å². The summed E-state index contributed by atoms with van der Waals surface area (Å²) in [6.07, 6.45) is 4.60. The van der Waals surface area contributed by atoms with Crippen LogP contribution >= 0.6 is 0 Å². The fraction of sp³-hybridized carbons (Fsp3) is 0.250. The number of anilines is 1. The second kappa shape index (κ2) is 8.01. The van der Waals surface area contributed by atoms with Gasteiger partial charge in [-0.05, 0) is 31.2 Å². The monoisotopic (exact) mass is 285 g/mol. The Labute approximate surface area is 124 Å². The van der Waals surface area contributed by atoms with E-state index in [9.17, 15) is 4.79 Å². The van der Waals surface area contributed by atoms with E-state index >= 15 is 0 Å². The molecule has 0 spiro atoms. The van der Waals surface area contributed by atoms with Crippen molar-refractivity contribution in [2.45, 2.75) is 19.4 Å². The summed E-state index contributed by atoms with van der Waals surface area (Å²) in [5.74, 6) is 0.667. The number of nitrogens with one attached hydrogen (secondary N) is 1. The molecular weight excluding hydrogens is 266 g/mol. The smallest absolute Gasteiger partial charge is 0.224 e. The van der Waals surface area contributed by atoms with Crippen LogP contribution < -0.4 is 15.8 Å². The lowest BCUT2D eigenvalue weighted by molar-refractivity contribution is -0.116. The van der Waals surface area contributed by atoms with E-state index in [4.69, 9.17) is 10.5 Å². The van der Waals surface area contributed by atoms with Crippen LogP contribution in [-0.4, -0.2) is 17.4 Å². The SMILES string of the molecule is NCCCC(=O)Nc1cccc(OCc2cccnc2)c1. The number of hydrogen-bond donors (Lipinski definition) is 2. The molecule has 1 aromatic heterocycles. The Hall–Kier alpha value is -2.40. The molecule has 5 heteroatoms. The predicted octanol–water partition coefficient (Wildman–Crippen LogP) is 2.34. The number of pyridine rings is 1. The third kappa shape index (κ3) is 5.24. The largest absolute Gasteiger partial charge is 0.489 e. The highest BCUT2D eigenvalue weighted by Gasteiger charge is 2.03. The van der Waals surface area contributed by atoms with E-state index in [1.54, 1.807) is 18.5 Å². The Morgan fingerprint density at radius 3 is 2.95 bits per heavy atom. The molecule has 21 heavy (non-hydrogen) atoms. The quantitative estimate of drug-likeness (QED) is 0.818. The Bertz CT molecular complexity index is 573. The number of nitrogens with two attached hydrogens (primary N) is 1. The number of carbonyl (C=O) groups is 1. The maximum Gasteiger partial charge on any atom is 0.224 e. The average Bonchev–Trinajstić information content (AvgIpc) is 2.52. The summed E-state index contributed by atoms with van der Waals surface area (Å²) in [6.45, 7) is 0.958. The van der Waals surface area contributed by atoms with Crippen molar-refractivity contribution in [3.05, 3.63) is 54.4 Å². The summed E-state index contributed by atoms with van der Waals surface area (Å²) in [4.78, 5) is 15.7. The first-order chi connectivity index (χ1) is 10.3. The Morgan fingerprint density at radius 1 is 1.29 bits per heavy atom. The summed E-state index contributed by atoms with van der Waals surface area (Å²) in [6, 6.07) is 11.1. The number of amides is 1. The minimum Gasteiger partial charge on any atom is -0.489 e. The average molecular weight is 285 g/mol. The Balaban J connectivity index is 1.90. The molecule has 0 radical (unpaired) electrons. The summed E-state index contributed by atoms with van der Waals surface area (Å²) in [5, 5.41) is 2.83. The van der Waals surface area contributed by atoms with Crippen LogP contribution in [0.1, 0.15) is 18.4 Å². The molecule has 0 atom stereocenters. The van der Waals surface area contributed by atoms with Crippen molar-refractivity contribution in [2.75, 3.05) is 11.9 Å². The van der Waals surface area contributed by atoms with Gasteiger partial charge in [0.1, 0.15) is 12.4 Å². The standard InChI is InChI=1S/C16H19N3O2/c17-8-2-7-16(20)19-14-5-1-6-15(10-14)21-12-13-4-3-9-18-11-13/h1,3-6,9-11H,2,7-8,12,17H2,(H,19,20). The highest BCUT2D eigenvalue weighted by atomic mass is 16.5. The molecule has 0 saturated carbocycles. The third-order valence-electron chi connectivity index (χ3n) is 2.85. The number of carbonyl (C=O) groups excluding carboxylic acids is 1. The minimum absolute atomic E-state index is 0.0372. The van der Waals surface area contributed by atoms with Crippen molar-refractivity contribution in [3.8, 4) is 5.75 Å². The Kier molecular flexibility index (Phi) is 5.72. The molecule has 0 fully saturated rings. The molecule has 5 nitrogen and oxygen atoms in total. The number of ether oxygens (including phenoxy) is 1. The number of rotatable bonds is 7. The van der Waals surface area contributed by atoms with Gasteiger partial charge in [-0.1, -0.05) is 12.1 Å². The highest BCUT2D eigenvalue weighted by Crippen LogP contribution is 2.18. The van der Waals surface area contributed by atoms with Crippen molar-refractivity contribution in [1.82, 2.24) is 4.98 Å². The van der Waals surface area contributed by atoms with Crippen LogP contribution in [0.15, 0.2) is 48.8 Å². The van der Waals surface area contributed by atoms with Gasteiger partial charge in [-0.15, -0.1) is 0 Å². The molecular formula is C16H19N3O2. The second-order valence-corrected chi connectivity index (χ2v) is 4.62. The van der Waals surface area contributed by atoms with Gasteiger partial charge in [0.05, 0.1) is 0 Å². The summed E-state index contributed by atoms with van der Waals surface area (Å²) in [5.41, 5.74) is 7.10. The fourth-order valence-corrected chi connectivity index (χ4v) is 1.80. The second-order valence-electron chi connectivity index (χ2n) is 4.62. The van der Waals surface area contributed by atoms with Crippen molar-refractivity contribution >= 4 is 11.6 Å². The van der Waals surface area contributed by atoms with E-state index in [2.05, 4.69) is 10.3 Å². The first-order valence-corrected chi connectivity index (χ1v) is 6.89. The number of benzene rings is 1. The molecule has 1 aromatic carbocycles. The lowest BCUT2D eigenvalue weighted by Gasteiger charge is -2.09. The van der Waals surface area contributed by atoms with Crippen LogP contribution in [0.4, 0.5) is 5.69 Å². The maximum absolute atomic E-state index is 11.6. The highest BCUT2D eigenvalue weighted by molar-refractivity contribution is 5.90. The van der Waals surface area contributed by atoms with Crippen LogP contribution in [0.5, 0.6) is 5.75 Å². The van der Waals surface area contributed by atoms with Gasteiger partial charge in [0.25, 0.3) is 0 Å². The van der Waals surface area contributed by atoms with Gasteiger partial charge in [-0.2, -0.15) is 0 Å². The summed E-state index contributed by atoms with van der Waals surface area (Å²) >= 11 is 0. The molecule has 0 aliphatic heterocycles. The van der Waals surface area contributed by atoms with Crippen molar-refractivity contribution < 1.29 is 9.53 Å². The number of aromatic nitrogens is 1. The Morgan fingerprint density at radius 2 is 2.19 bits per heavy atom. The van der Waals surface area contributed by atoms with E-state index in [1.807, 2.05) is 30.3 Å². The topological polar surface area (TPSA) is 77.2 Å². The maximum atomic E-state index is 11.6. The van der Waals surface area contributed by atoms with Gasteiger partial charge in [0, 0.05) is 36.1 Å². The predicted molar refractivity (Wildman–Crippen MR) is 81.9 cm³/mol. The van der Waals surface area contributed by atoms with Gasteiger partial charge in [0.2, 0.25) is 5.91 Å². The molecule has 0 unspecified atom stereocenters. The molecule has 1 heterocycles. The van der Waals surface area contributed by atoms with Crippen LogP contribution in [0.2, 0.25) is 0 Å². The van der Waals surface area contributed by atoms with E-state index in [0.29, 0.717) is 31.7 Å². The first kappa shape index (κ1) is 15.0. The van der Waals surface area contributed by atoms with Crippen molar-refractivity contribution in [3.63, 3.8) is 0 Å². The van der Waals surface area contributed by atoms with E-state index in [0.717, 1.165) is 11.3 Å². The van der Waals surface area contributed by atoms with Crippen LogP contribution in [0, 0.1) is 0 Å². The first-order valence-electron chi connectivity index (χ1n) is 6.89. The van der Waals surface area contributed by atoms with Crippen molar-refractivity contribution in [2.24, 2.45) is 5.73 Å². The van der Waals surface area contributed by atoms with Gasteiger partial charge >= 0.3 is 0 Å². The van der Waals surface area contributed by atoms with Gasteiger partial charge in [-0.3, -0.25) is 9.78 Å².